The number of rotatable bonds is 2. The summed E-state index contributed by atoms with van der Waals surface area (Å²) in [4.78, 5) is 0. The maximum absolute atomic E-state index is 9.63. The van der Waals surface area contributed by atoms with Gasteiger partial charge >= 0.3 is 7.48 Å². The van der Waals surface area contributed by atoms with Crippen LogP contribution in [0, 0.1) is 0 Å². The van der Waals surface area contributed by atoms with Crippen molar-refractivity contribution in [2.75, 3.05) is 0 Å². The smallest absolute Gasteiger partial charge is 0.327 e. The molecule has 0 bridgehead atoms. The average molecular weight is 293 g/mol. The summed E-state index contributed by atoms with van der Waals surface area (Å²) in [5.74, 6) is 0. The van der Waals surface area contributed by atoms with Gasteiger partial charge in [-0.1, -0.05) is 84.0 Å². The number of hydrogen-bond acceptors (Lipinski definition) is 1. The molecule has 1 radical (unpaired) electrons. The Morgan fingerprint density at radius 3 is 1.68 bits per heavy atom. The van der Waals surface area contributed by atoms with Crippen LogP contribution >= 0.6 is 0 Å². The van der Waals surface area contributed by atoms with E-state index in [4.69, 9.17) is 0 Å². The molecule has 0 saturated carbocycles. The Hall–Kier alpha value is -1.54. The normalized spacial score (nSPS) is 12.3. The first-order chi connectivity index (χ1) is 10.1. The molecule has 115 valence electrons. The molecule has 0 unspecified atom stereocenters. The molecular weight excluding hydrogens is 267 g/mol. The van der Waals surface area contributed by atoms with E-state index < -0.39 is 0 Å². The Labute approximate surface area is 135 Å². The highest BCUT2D eigenvalue weighted by Gasteiger charge is 2.17. The zero-order valence-electron chi connectivity index (χ0n) is 14.6. The predicted molar refractivity (Wildman–Crippen MR) is 96.9 cm³/mol. The molecule has 0 heterocycles. The zero-order valence-corrected chi connectivity index (χ0v) is 14.6. The Balaban J connectivity index is 2.44. The average Bonchev–Trinajstić information content (AvgIpc) is 2.45. The first-order valence-electron chi connectivity index (χ1n) is 7.86. The third-order valence-electron chi connectivity index (χ3n) is 4.12. The quantitative estimate of drug-likeness (QED) is 0.823. The molecule has 2 aromatic carbocycles. The fourth-order valence-electron chi connectivity index (χ4n) is 2.55. The van der Waals surface area contributed by atoms with Gasteiger partial charge in [0, 0.05) is 0 Å². The summed E-state index contributed by atoms with van der Waals surface area (Å²) < 4.78 is 0. The van der Waals surface area contributed by atoms with Crippen molar-refractivity contribution in [1.29, 1.82) is 0 Å². The van der Waals surface area contributed by atoms with Crippen LogP contribution in [0.15, 0.2) is 42.5 Å². The van der Waals surface area contributed by atoms with E-state index in [9.17, 15) is 5.02 Å². The van der Waals surface area contributed by atoms with Gasteiger partial charge in [-0.05, 0) is 38.5 Å². The van der Waals surface area contributed by atoms with Crippen LogP contribution in [0.3, 0.4) is 0 Å². The maximum Gasteiger partial charge on any atom is 0.327 e. The molecule has 2 aromatic rings. The topological polar surface area (TPSA) is 20.2 Å². The summed E-state index contributed by atoms with van der Waals surface area (Å²) in [5, 5.41) is 9.63. The van der Waals surface area contributed by atoms with Gasteiger partial charge in [0.25, 0.3) is 0 Å². The molecule has 0 fully saturated rings. The van der Waals surface area contributed by atoms with Crippen molar-refractivity contribution >= 4 is 12.9 Å². The molecule has 0 aromatic heterocycles. The summed E-state index contributed by atoms with van der Waals surface area (Å²) in [6.07, 6.45) is 0. The SMILES string of the molecule is CC(C)(C)c1ccc(-c2ccc(C(C)(C)C)cc2[B]O)cc1. The van der Waals surface area contributed by atoms with Crippen LogP contribution in [0.2, 0.25) is 0 Å². The summed E-state index contributed by atoms with van der Waals surface area (Å²) >= 11 is 0. The molecule has 22 heavy (non-hydrogen) atoms. The van der Waals surface area contributed by atoms with Gasteiger partial charge in [-0.2, -0.15) is 0 Å². The summed E-state index contributed by atoms with van der Waals surface area (Å²) in [7, 11) is 1.21. The van der Waals surface area contributed by atoms with Crippen LogP contribution in [-0.2, 0) is 10.8 Å². The van der Waals surface area contributed by atoms with E-state index in [1.54, 1.807) is 0 Å². The lowest BCUT2D eigenvalue weighted by molar-refractivity contribution is 0.589. The standard InChI is InChI=1S/C20H26BO/c1-19(2,3)15-9-7-14(8-10-15)17-12-11-16(20(4,5)6)13-18(17)21-22/h7-13,22H,1-6H3. The Morgan fingerprint density at radius 2 is 1.23 bits per heavy atom. The van der Waals surface area contributed by atoms with E-state index in [0.29, 0.717) is 0 Å². The highest BCUT2D eigenvalue weighted by Crippen LogP contribution is 2.27. The molecule has 0 amide bonds. The predicted octanol–water partition coefficient (Wildman–Crippen LogP) is 4.19. The van der Waals surface area contributed by atoms with Crippen molar-refractivity contribution < 1.29 is 5.02 Å². The van der Waals surface area contributed by atoms with E-state index in [1.165, 1.54) is 18.6 Å². The van der Waals surface area contributed by atoms with Gasteiger partial charge in [0.1, 0.15) is 0 Å². The van der Waals surface area contributed by atoms with Gasteiger partial charge < -0.3 is 5.02 Å². The monoisotopic (exact) mass is 293 g/mol. The molecule has 2 heteroatoms. The maximum atomic E-state index is 9.63. The van der Waals surface area contributed by atoms with E-state index in [-0.39, 0.29) is 10.8 Å². The van der Waals surface area contributed by atoms with Gasteiger partial charge in [0.05, 0.1) is 0 Å². The zero-order chi connectivity index (χ0) is 16.5. The summed E-state index contributed by atoms with van der Waals surface area (Å²) in [5.41, 5.74) is 5.84. The van der Waals surface area contributed by atoms with Crippen molar-refractivity contribution in [3.63, 3.8) is 0 Å². The molecule has 2 rings (SSSR count). The van der Waals surface area contributed by atoms with E-state index in [1.807, 2.05) is 0 Å². The minimum atomic E-state index is 0.0758. The van der Waals surface area contributed by atoms with Crippen molar-refractivity contribution in [1.82, 2.24) is 0 Å². The van der Waals surface area contributed by atoms with Crippen molar-refractivity contribution in [3.8, 4) is 11.1 Å². The van der Waals surface area contributed by atoms with Crippen LogP contribution in [0.1, 0.15) is 52.7 Å². The molecular formula is C20H26BO. The second-order valence-corrected chi connectivity index (χ2v) is 8.01. The third kappa shape index (κ3) is 3.62. The molecule has 0 atom stereocenters. The fraction of sp³-hybridized carbons (Fsp3) is 0.400. The van der Waals surface area contributed by atoms with Gasteiger partial charge in [-0.3, -0.25) is 0 Å². The van der Waals surface area contributed by atoms with Gasteiger partial charge in [0.2, 0.25) is 0 Å². The summed E-state index contributed by atoms with van der Waals surface area (Å²) in [6, 6.07) is 15.0. The summed E-state index contributed by atoms with van der Waals surface area (Å²) in [6.45, 7) is 13.2. The van der Waals surface area contributed by atoms with Crippen LogP contribution in [0.25, 0.3) is 11.1 Å². The number of hydrogen-bond donors (Lipinski definition) is 1. The second kappa shape index (κ2) is 5.93. The van der Waals surface area contributed by atoms with Crippen LogP contribution in [-0.4, -0.2) is 12.5 Å². The van der Waals surface area contributed by atoms with E-state index >= 15 is 0 Å². The van der Waals surface area contributed by atoms with Crippen LogP contribution in [0.5, 0.6) is 0 Å². The lowest BCUT2D eigenvalue weighted by Crippen LogP contribution is -2.21. The molecule has 1 N–H and O–H groups in total. The second-order valence-electron chi connectivity index (χ2n) is 8.01. The molecule has 0 aliphatic heterocycles. The molecule has 0 aliphatic rings. The van der Waals surface area contributed by atoms with Crippen LogP contribution in [0.4, 0.5) is 0 Å². The van der Waals surface area contributed by atoms with E-state index in [0.717, 1.165) is 16.6 Å². The number of benzene rings is 2. The molecule has 0 aliphatic carbocycles. The minimum Gasteiger partial charge on any atom is -0.450 e. The minimum absolute atomic E-state index is 0.0758. The van der Waals surface area contributed by atoms with Crippen LogP contribution < -0.4 is 5.46 Å². The highest BCUT2D eigenvalue weighted by atomic mass is 16.2. The Morgan fingerprint density at radius 1 is 0.727 bits per heavy atom. The van der Waals surface area contributed by atoms with Crippen molar-refractivity contribution in [3.05, 3.63) is 53.6 Å². The van der Waals surface area contributed by atoms with E-state index in [2.05, 4.69) is 84.0 Å². The molecule has 0 saturated heterocycles. The molecule has 0 spiro atoms. The Bertz CT molecular complexity index is 643. The lowest BCUT2D eigenvalue weighted by Gasteiger charge is -2.22. The van der Waals surface area contributed by atoms with Crippen molar-refractivity contribution in [2.45, 2.75) is 52.4 Å². The molecule has 1 nitrogen and oxygen atoms in total. The van der Waals surface area contributed by atoms with Gasteiger partial charge in [-0.25, -0.2) is 0 Å². The van der Waals surface area contributed by atoms with Crippen molar-refractivity contribution in [2.24, 2.45) is 0 Å². The first kappa shape index (κ1) is 16.8. The highest BCUT2D eigenvalue weighted by molar-refractivity contribution is 6.48. The third-order valence-corrected chi connectivity index (χ3v) is 4.12. The Kier molecular flexibility index (Phi) is 4.53. The lowest BCUT2D eigenvalue weighted by atomic mass is 9.76. The van der Waals surface area contributed by atoms with Gasteiger partial charge in [-0.15, -0.1) is 0 Å². The largest absolute Gasteiger partial charge is 0.450 e. The van der Waals surface area contributed by atoms with Gasteiger partial charge in [0.15, 0.2) is 0 Å². The fourth-order valence-corrected chi connectivity index (χ4v) is 2.55. The first-order valence-corrected chi connectivity index (χ1v) is 7.86.